The molecule has 0 saturated heterocycles. The highest BCUT2D eigenvalue weighted by Crippen LogP contribution is 1.77. The summed E-state index contributed by atoms with van der Waals surface area (Å²) in [7, 11) is 0. The monoisotopic (exact) mass is 118 g/mol. The summed E-state index contributed by atoms with van der Waals surface area (Å²) in [6, 6.07) is 0. The number of rotatable bonds is 3. The fraction of sp³-hybridized carbons (Fsp3) is 0.833. The standard InChI is InChI=1S/C4H8O2.C2H6/c5-3-1-2-4-6;1-2/h3,6H,1-2,4H2;1-2H3. The molecule has 0 unspecified atom stereocenters. The summed E-state index contributed by atoms with van der Waals surface area (Å²) < 4.78 is 0. The van der Waals surface area contributed by atoms with Crippen LogP contribution < -0.4 is 0 Å². The zero-order valence-electron chi connectivity index (χ0n) is 5.55. The number of hydrogen-bond donors (Lipinski definition) is 1. The van der Waals surface area contributed by atoms with Gasteiger partial charge in [0, 0.05) is 13.0 Å². The first-order chi connectivity index (χ1) is 3.91. The molecule has 0 aromatic rings. The first-order valence-electron chi connectivity index (χ1n) is 2.96. The minimum atomic E-state index is 0.124. The van der Waals surface area contributed by atoms with Crippen LogP contribution in [0.3, 0.4) is 0 Å². The maximum absolute atomic E-state index is 9.45. The van der Waals surface area contributed by atoms with Crippen molar-refractivity contribution in [3.05, 3.63) is 0 Å². The van der Waals surface area contributed by atoms with Crippen molar-refractivity contribution in [1.82, 2.24) is 0 Å². The molecule has 0 fully saturated rings. The van der Waals surface area contributed by atoms with Crippen molar-refractivity contribution in [2.75, 3.05) is 6.61 Å². The van der Waals surface area contributed by atoms with Gasteiger partial charge in [-0.15, -0.1) is 0 Å². The van der Waals surface area contributed by atoms with E-state index in [4.69, 9.17) is 5.11 Å². The van der Waals surface area contributed by atoms with E-state index in [2.05, 4.69) is 0 Å². The Balaban J connectivity index is 0. The van der Waals surface area contributed by atoms with Crippen molar-refractivity contribution in [1.29, 1.82) is 0 Å². The van der Waals surface area contributed by atoms with Crippen molar-refractivity contribution >= 4 is 6.29 Å². The lowest BCUT2D eigenvalue weighted by Gasteiger charge is -1.79. The predicted octanol–water partition coefficient (Wildman–Crippen LogP) is 0.984. The van der Waals surface area contributed by atoms with Crippen molar-refractivity contribution < 1.29 is 9.90 Å². The number of carbonyl (C=O) groups is 1. The number of aliphatic hydroxyl groups is 1. The summed E-state index contributed by atoms with van der Waals surface area (Å²) >= 11 is 0. The third kappa shape index (κ3) is 17.4. The Morgan fingerprint density at radius 3 is 2.12 bits per heavy atom. The highest BCUT2D eigenvalue weighted by Gasteiger charge is 1.76. The van der Waals surface area contributed by atoms with Gasteiger partial charge in [0.2, 0.25) is 0 Å². The van der Waals surface area contributed by atoms with Gasteiger partial charge in [-0.3, -0.25) is 0 Å². The Kier molecular flexibility index (Phi) is 21.1. The highest BCUT2D eigenvalue weighted by molar-refractivity contribution is 5.48. The van der Waals surface area contributed by atoms with Gasteiger partial charge in [0.25, 0.3) is 0 Å². The van der Waals surface area contributed by atoms with Crippen LogP contribution in [0.15, 0.2) is 0 Å². The molecule has 0 aromatic heterocycles. The molecule has 0 bridgehead atoms. The van der Waals surface area contributed by atoms with E-state index in [-0.39, 0.29) is 6.61 Å². The quantitative estimate of drug-likeness (QED) is 0.443. The fourth-order valence-electron chi connectivity index (χ4n) is 0.175. The van der Waals surface area contributed by atoms with E-state index >= 15 is 0 Å². The lowest BCUT2D eigenvalue weighted by atomic mass is 10.4. The van der Waals surface area contributed by atoms with E-state index in [1.165, 1.54) is 0 Å². The Morgan fingerprint density at radius 2 is 2.00 bits per heavy atom. The third-order valence-electron chi connectivity index (χ3n) is 0.480. The minimum absolute atomic E-state index is 0.124. The van der Waals surface area contributed by atoms with E-state index in [1.54, 1.807) is 0 Å². The summed E-state index contributed by atoms with van der Waals surface area (Å²) in [4.78, 5) is 9.45. The number of aldehydes is 1. The van der Waals surface area contributed by atoms with Gasteiger partial charge in [0.15, 0.2) is 0 Å². The second kappa shape index (κ2) is 15.9. The molecule has 0 spiro atoms. The van der Waals surface area contributed by atoms with Gasteiger partial charge in [-0.1, -0.05) is 13.8 Å². The number of aliphatic hydroxyl groups excluding tert-OH is 1. The second-order valence-electron chi connectivity index (χ2n) is 1.03. The van der Waals surface area contributed by atoms with Crippen molar-refractivity contribution in [3.8, 4) is 0 Å². The van der Waals surface area contributed by atoms with E-state index in [9.17, 15) is 4.79 Å². The van der Waals surface area contributed by atoms with E-state index < -0.39 is 0 Å². The number of carbonyl (C=O) groups excluding carboxylic acids is 1. The molecular formula is C6H14O2. The van der Waals surface area contributed by atoms with E-state index in [1.807, 2.05) is 13.8 Å². The molecule has 0 heterocycles. The van der Waals surface area contributed by atoms with Gasteiger partial charge in [-0.25, -0.2) is 0 Å². The van der Waals surface area contributed by atoms with Gasteiger partial charge < -0.3 is 9.90 Å². The van der Waals surface area contributed by atoms with Gasteiger partial charge in [-0.2, -0.15) is 0 Å². The second-order valence-corrected chi connectivity index (χ2v) is 1.03. The van der Waals surface area contributed by atoms with Gasteiger partial charge >= 0.3 is 0 Å². The summed E-state index contributed by atoms with van der Waals surface area (Å²) in [5.74, 6) is 0. The topological polar surface area (TPSA) is 37.3 Å². The number of unbranched alkanes of at least 4 members (excludes halogenated alkanes) is 1. The Hall–Kier alpha value is -0.370. The van der Waals surface area contributed by atoms with Crippen LogP contribution in [0.1, 0.15) is 26.7 Å². The van der Waals surface area contributed by atoms with Gasteiger partial charge in [0.1, 0.15) is 6.29 Å². The zero-order chi connectivity index (χ0) is 6.83. The maximum atomic E-state index is 9.45. The molecule has 0 aromatic carbocycles. The smallest absolute Gasteiger partial charge is 0.120 e. The molecule has 0 atom stereocenters. The molecule has 0 aliphatic carbocycles. The minimum Gasteiger partial charge on any atom is -0.396 e. The normalized spacial score (nSPS) is 6.88. The number of hydrogen-bond acceptors (Lipinski definition) is 2. The van der Waals surface area contributed by atoms with Gasteiger partial charge in [0.05, 0.1) is 0 Å². The van der Waals surface area contributed by atoms with Crippen LogP contribution in [-0.4, -0.2) is 18.0 Å². The molecule has 8 heavy (non-hydrogen) atoms. The average molecular weight is 118 g/mol. The van der Waals surface area contributed by atoms with Crippen LogP contribution >= 0.6 is 0 Å². The maximum Gasteiger partial charge on any atom is 0.120 e. The van der Waals surface area contributed by atoms with Crippen LogP contribution in [0.4, 0.5) is 0 Å². The third-order valence-corrected chi connectivity index (χ3v) is 0.480. The summed E-state index contributed by atoms with van der Waals surface area (Å²) in [5, 5.41) is 8.04. The molecule has 1 N–H and O–H groups in total. The van der Waals surface area contributed by atoms with Crippen molar-refractivity contribution in [3.63, 3.8) is 0 Å². The van der Waals surface area contributed by atoms with Crippen molar-refractivity contribution in [2.45, 2.75) is 26.7 Å². The summed E-state index contributed by atoms with van der Waals surface area (Å²) in [6.07, 6.45) is 1.89. The predicted molar refractivity (Wildman–Crippen MR) is 33.7 cm³/mol. The van der Waals surface area contributed by atoms with Crippen LogP contribution in [0.5, 0.6) is 0 Å². The Bertz CT molecular complexity index is 35.5. The molecule has 0 radical (unpaired) electrons. The van der Waals surface area contributed by atoms with Crippen LogP contribution in [-0.2, 0) is 4.79 Å². The summed E-state index contributed by atoms with van der Waals surface area (Å²) in [6.45, 7) is 4.12. The molecule has 2 nitrogen and oxygen atoms in total. The molecule has 50 valence electrons. The molecule has 0 aliphatic rings. The molecule has 0 amide bonds. The van der Waals surface area contributed by atoms with Gasteiger partial charge in [-0.05, 0) is 6.42 Å². The molecule has 0 rings (SSSR count). The van der Waals surface area contributed by atoms with E-state index in [0.29, 0.717) is 12.8 Å². The van der Waals surface area contributed by atoms with Crippen LogP contribution in [0, 0.1) is 0 Å². The molecule has 0 saturated carbocycles. The SMILES string of the molecule is CC.O=CCCCO. The Labute approximate surface area is 50.5 Å². The lowest BCUT2D eigenvalue weighted by molar-refractivity contribution is -0.108. The first kappa shape index (κ1) is 10.6. The first-order valence-corrected chi connectivity index (χ1v) is 2.96. The van der Waals surface area contributed by atoms with E-state index in [0.717, 1.165) is 6.29 Å². The zero-order valence-corrected chi connectivity index (χ0v) is 5.55. The molecular weight excluding hydrogens is 104 g/mol. The molecule has 2 heteroatoms. The highest BCUT2D eigenvalue weighted by atomic mass is 16.3. The summed E-state index contributed by atoms with van der Waals surface area (Å²) in [5.41, 5.74) is 0. The average Bonchev–Trinajstić information content (AvgIpc) is 1.88. The van der Waals surface area contributed by atoms with Crippen LogP contribution in [0.2, 0.25) is 0 Å². The van der Waals surface area contributed by atoms with Crippen molar-refractivity contribution in [2.24, 2.45) is 0 Å². The largest absolute Gasteiger partial charge is 0.396 e. The fourth-order valence-corrected chi connectivity index (χ4v) is 0.175. The van der Waals surface area contributed by atoms with Crippen LogP contribution in [0.25, 0.3) is 0 Å². The lowest BCUT2D eigenvalue weighted by Crippen LogP contribution is -1.80. The Morgan fingerprint density at radius 1 is 1.50 bits per heavy atom. The molecule has 0 aliphatic heterocycles.